The fraction of sp³-hybridized carbons (Fsp3) is 0.250. The first-order valence-corrected chi connectivity index (χ1v) is 7.90. The summed E-state index contributed by atoms with van der Waals surface area (Å²) in [5.41, 5.74) is 3.36. The summed E-state index contributed by atoms with van der Waals surface area (Å²) in [4.78, 5) is 0. The first kappa shape index (κ1) is 14.9. The Morgan fingerprint density at radius 1 is 1.11 bits per heavy atom. The largest absolute Gasteiger partial charge is 0.113 e. The van der Waals surface area contributed by atoms with Crippen LogP contribution in [0.4, 0.5) is 0 Å². The van der Waals surface area contributed by atoms with Gasteiger partial charge in [0, 0.05) is 9.50 Å². The molecule has 0 nitrogen and oxygen atoms in total. The molecule has 0 aliphatic rings. The maximum Gasteiger partial charge on any atom is 0.0849 e. The van der Waals surface area contributed by atoms with Crippen molar-refractivity contribution < 1.29 is 0 Å². The van der Waals surface area contributed by atoms with Crippen molar-refractivity contribution in [3.05, 3.63) is 68.7 Å². The molecule has 0 saturated carbocycles. The number of aryl methyl sites for hydroxylation is 1. The molecule has 0 saturated heterocycles. The topological polar surface area (TPSA) is 0 Å². The molecule has 0 fully saturated rings. The van der Waals surface area contributed by atoms with Gasteiger partial charge in [-0.1, -0.05) is 71.2 Å². The molecule has 0 N–H and O–H groups in total. The second kappa shape index (κ2) is 6.78. The molecule has 1 atom stereocenters. The van der Waals surface area contributed by atoms with Crippen molar-refractivity contribution in [2.75, 3.05) is 0 Å². The quantitative estimate of drug-likeness (QED) is 0.556. The van der Waals surface area contributed by atoms with Crippen molar-refractivity contribution in [1.82, 2.24) is 0 Å². The van der Waals surface area contributed by atoms with E-state index in [9.17, 15) is 0 Å². The first-order valence-electron chi connectivity index (χ1n) is 6.29. The number of hydrogen-bond acceptors (Lipinski definition) is 0. The Labute approximate surface area is 132 Å². The zero-order chi connectivity index (χ0) is 13.8. The number of rotatable bonds is 4. The minimum Gasteiger partial charge on any atom is -0.113 e. The summed E-state index contributed by atoms with van der Waals surface area (Å²) in [5.74, 6) is 0. The van der Waals surface area contributed by atoms with Crippen molar-refractivity contribution >= 4 is 39.1 Å². The van der Waals surface area contributed by atoms with Crippen LogP contribution in [0, 0.1) is 0 Å². The summed E-state index contributed by atoms with van der Waals surface area (Å²) in [7, 11) is 0. The summed E-state index contributed by atoms with van der Waals surface area (Å²) in [6, 6.07) is 14.2. The van der Waals surface area contributed by atoms with Crippen molar-refractivity contribution in [3.63, 3.8) is 0 Å². The number of alkyl halides is 1. The van der Waals surface area contributed by atoms with Gasteiger partial charge in [-0.25, -0.2) is 0 Å². The van der Waals surface area contributed by atoms with E-state index in [1.165, 1.54) is 5.56 Å². The second-order valence-electron chi connectivity index (χ2n) is 4.52. The van der Waals surface area contributed by atoms with Gasteiger partial charge >= 0.3 is 0 Å². The van der Waals surface area contributed by atoms with Gasteiger partial charge in [0.1, 0.15) is 0 Å². The molecule has 0 aliphatic carbocycles. The molecule has 2 rings (SSSR count). The van der Waals surface area contributed by atoms with Crippen LogP contribution >= 0.6 is 39.1 Å². The van der Waals surface area contributed by atoms with Crippen molar-refractivity contribution in [2.24, 2.45) is 0 Å². The SMILES string of the molecule is CCCc1ccc(C(Cl)c2ccc(Br)cc2Cl)cc1. The van der Waals surface area contributed by atoms with Gasteiger partial charge in [0.05, 0.1) is 5.38 Å². The summed E-state index contributed by atoms with van der Waals surface area (Å²) < 4.78 is 0.961. The third-order valence-electron chi connectivity index (χ3n) is 3.05. The predicted molar refractivity (Wildman–Crippen MR) is 87.3 cm³/mol. The molecule has 19 heavy (non-hydrogen) atoms. The van der Waals surface area contributed by atoms with Crippen LogP contribution in [-0.4, -0.2) is 0 Å². The Morgan fingerprint density at radius 2 is 1.79 bits per heavy atom. The van der Waals surface area contributed by atoms with Gasteiger partial charge in [0.2, 0.25) is 0 Å². The van der Waals surface area contributed by atoms with E-state index in [1.54, 1.807) is 0 Å². The molecule has 0 spiro atoms. The van der Waals surface area contributed by atoms with Gasteiger partial charge in [-0.15, -0.1) is 11.6 Å². The van der Waals surface area contributed by atoms with E-state index in [1.807, 2.05) is 18.2 Å². The third kappa shape index (κ3) is 3.75. The fourth-order valence-corrected chi connectivity index (χ4v) is 3.20. The molecule has 0 aliphatic heterocycles. The van der Waals surface area contributed by atoms with E-state index in [4.69, 9.17) is 23.2 Å². The Hall–Kier alpha value is -0.500. The molecule has 0 aromatic heterocycles. The molecule has 2 aromatic rings. The zero-order valence-corrected chi connectivity index (χ0v) is 13.8. The molecular formula is C16H15BrCl2. The highest BCUT2D eigenvalue weighted by molar-refractivity contribution is 9.10. The Morgan fingerprint density at radius 3 is 2.37 bits per heavy atom. The lowest BCUT2D eigenvalue weighted by atomic mass is 10.0. The molecule has 2 aromatic carbocycles. The van der Waals surface area contributed by atoms with Crippen LogP contribution < -0.4 is 0 Å². The minimum atomic E-state index is -0.212. The van der Waals surface area contributed by atoms with Gasteiger partial charge in [-0.3, -0.25) is 0 Å². The van der Waals surface area contributed by atoms with Gasteiger partial charge in [-0.2, -0.15) is 0 Å². The normalized spacial score (nSPS) is 12.4. The van der Waals surface area contributed by atoms with Crippen LogP contribution in [0.2, 0.25) is 5.02 Å². The maximum absolute atomic E-state index is 6.52. The summed E-state index contributed by atoms with van der Waals surface area (Å²) in [6.45, 7) is 2.18. The molecule has 0 radical (unpaired) electrons. The molecule has 0 heterocycles. The first-order chi connectivity index (χ1) is 9.11. The van der Waals surface area contributed by atoms with Gasteiger partial charge in [-0.05, 0) is 35.2 Å². The highest BCUT2D eigenvalue weighted by atomic mass is 79.9. The zero-order valence-electron chi connectivity index (χ0n) is 10.7. The van der Waals surface area contributed by atoms with Crippen LogP contribution in [0.25, 0.3) is 0 Å². The van der Waals surface area contributed by atoms with Crippen LogP contribution in [0.5, 0.6) is 0 Å². The standard InChI is InChI=1S/C16H15BrCl2/c1-2-3-11-4-6-12(7-5-11)16(19)14-9-8-13(17)10-15(14)18/h4-10,16H,2-3H2,1H3. The molecule has 3 heteroatoms. The number of hydrogen-bond donors (Lipinski definition) is 0. The molecule has 0 bridgehead atoms. The molecule has 0 amide bonds. The van der Waals surface area contributed by atoms with Gasteiger partial charge in [0.25, 0.3) is 0 Å². The smallest absolute Gasteiger partial charge is 0.0849 e. The average molecular weight is 358 g/mol. The summed E-state index contributed by atoms with van der Waals surface area (Å²) in [5, 5.41) is 0.475. The van der Waals surface area contributed by atoms with E-state index in [2.05, 4.69) is 47.1 Å². The summed E-state index contributed by atoms with van der Waals surface area (Å²) >= 11 is 16.2. The van der Waals surface area contributed by atoms with Crippen LogP contribution in [-0.2, 0) is 6.42 Å². The van der Waals surface area contributed by atoms with E-state index in [0.29, 0.717) is 5.02 Å². The number of benzene rings is 2. The minimum absolute atomic E-state index is 0.212. The lowest BCUT2D eigenvalue weighted by Gasteiger charge is -2.13. The van der Waals surface area contributed by atoms with E-state index >= 15 is 0 Å². The second-order valence-corrected chi connectivity index (χ2v) is 6.28. The van der Waals surface area contributed by atoms with E-state index < -0.39 is 0 Å². The highest BCUT2D eigenvalue weighted by Crippen LogP contribution is 2.35. The van der Waals surface area contributed by atoms with E-state index in [-0.39, 0.29) is 5.38 Å². The summed E-state index contributed by atoms with van der Waals surface area (Å²) in [6.07, 6.45) is 2.26. The van der Waals surface area contributed by atoms with Crippen molar-refractivity contribution in [3.8, 4) is 0 Å². The fourth-order valence-electron chi connectivity index (χ4n) is 2.03. The Kier molecular flexibility index (Phi) is 5.32. The van der Waals surface area contributed by atoms with E-state index in [0.717, 1.165) is 28.4 Å². The average Bonchev–Trinajstić information content (AvgIpc) is 2.39. The van der Waals surface area contributed by atoms with Crippen LogP contribution in [0.3, 0.4) is 0 Å². The molecule has 100 valence electrons. The Bertz CT molecular complexity index is 549. The third-order valence-corrected chi connectivity index (χ3v) is 4.35. The van der Waals surface area contributed by atoms with Gasteiger partial charge < -0.3 is 0 Å². The lowest BCUT2D eigenvalue weighted by molar-refractivity contribution is 0.920. The van der Waals surface area contributed by atoms with Crippen molar-refractivity contribution in [1.29, 1.82) is 0 Å². The lowest BCUT2D eigenvalue weighted by Crippen LogP contribution is -1.95. The van der Waals surface area contributed by atoms with Gasteiger partial charge in [0.15, 0.2) is 0 Å². The Balaban J connectivity index is 2.25. The maximum atomic E-state index is 6.52. The van der Waals surface area contributed by atoms with Crippen molar-refractivity contribution in [2.45, 2.75) is 25.1 Å². The number of halogens is 3. The molecule has 1 unspecified atom stereocenters. The molecular weight excluding hydrogens is 343 g/mol. The van der Waals surface area contributed by atoms with Crippen LogP contribution in [0.15, 0.2) is 46.9 Å². The predicted octanol–water partition coefficient (Wildman–Crippen LogP) is 6.38. The monoisotopic (exact) mass is 356 g/mol. The van der Waals surface area contributed by atoms with Crippen LogP contribution in [0.1, 0.15) is 35.4 Å². The highest BCUT2D eigenvalue weighted by Gasteiger charge is 2.14.